The average molecular weight is 651 g/mol. The Morgan fingerprint density at radius 2 is 1.48 bits per heavy atom. The number of nitrogens with zero attached hydrogens (tertiary/aromatic N) is 2. The topological polar surface area (TPSA) is 86.8 Å². The van der Waals surface area contributed by atoms with Crippen LogP contribution in [-0.4, -0.2) is 43.8 Å². The molecule has 1 atom stereocenters. The van der Waals surface area contributed by atoms with E-state index in [1.807, 2.05) is 6.92 Å². The van der Waals surface area contributed by atoms with E-state index in [1.54, 1.807) is 55.5 Å². The zero-order valence-electron chi connectivity index (χ0n) is 23.5. The smallest absolute Gasteiger partial charge is 0.264 e. The second kappa shape index (κ2) is 14.1. The van der Waals surface area contributed by atoms with Crippen LogP contribution in [0.15, 0.2) is 71.6 Å². The van der Waals surface area contributed by atoms with Crippen LogP contribution in [0.2, 0.25) is 15.1 Å². The Kier molecular flexibility index (Phi) is 10.8. The fourth-order valence-electron chi connectivity index (χ4n) is 5.01. The molecule has 3 aromatic carbocycles. The van der Waals surface area contributed by atoms with Gasteiger partial charge >= 0.3 is 0 Å². The van der Waals surface area contributed by atoms with Gasteiger partial charge in [0.25, 0.3) is 10.0 Å². The van der Waals surface area contributed by atoms with Gasteiger partial charge in [-0.3, -0.25) is 13.9 Å². The van der Waals surface area contributed by atoms with Gasteiger partial charge in [-0.25, -0.2) is 8.42 Å². The molecule has 0 aliphatic heterocycles. The number of halogens is 3. The molecule has 42 heavy (non-hydrogen) atoms. The van der Waals surface area contributed by atoms with Gasteiger partial charge in [-0.1, -0.05) is 90.0 Å². The molecule has 1 aliphatic carbocycles. The van der Waals surface area contributed by atoms with Crippen LogP contribution in [0.25, 0.3) is 0 Å². The van der Waals surface area contributed by atoms with Crippen LogP contribution < -0.4 is 9.62 Å². The van der Waals surface area contributed by atoms with Crippen molar-refractivity contribution in [1.29, 1.82) is 0 Å². The molecule has 0 heterocycles. The third-order valence-electron chi connectivity index (χ3n) is 7.52. The highest BCUT2D eigenvalue weighted by molar-refractivity contribution is 7.92. The predicted octanol–water partition coefficient (Wildman–Crippen LogP) is 7.02. The minimum atomic E-state index is -4.23. The second-order valence-corrected chi connectivity index (χ2v) is 13.6. The first-order chi connectivity index (χ1) is 20.0. The van der Waals surface area contributed by atoms with Crippen LogP contribution in [-0.2, 0) is 26.2 Å². The van der Waals surface area contributed by atoms with Crippen molar-refractivity contribution in [3.8, 4) is 0 Å². The molecule has 11 heteroatoms. The normalized spacial score (nSPS) is 14.7. The molecule has 4 rings (SSSR count). The number of carbonyl (C=O) groups is 2. The maximum absolute atomic E-state index is 14.1. The van der Waals surface area contributed by atoms with E-state index in [0.29, 0.717) is 15.6 Å². The van der Waals surface area contributed by atoms with Gasteiger partial charge in [-0.05, 0) is 63.1 Å². The Bertz CT molecular complexity index is 1510. The first-order valence-electron chi connectivity index (χ1n) is 13.9. The predicted molar refractivity (Wildman–Crippen MR) is 169 cm³/mol. The van der Waals surface area contributed by atoms with Crippen molar-refractivity contribution >= 4 is 62.3 Å². The molecule has 0 bridgehead atoms. The zero-order chi connectivity index (χ0) is 30.4. The van der Waals surface area contributed by atoms with E-state index in [9.17, 15) is 18.0 Å². The Morgan fingerprint density at radius 1 is 0.881 bits per heavy atom. The van der Waals surface area contributed by atoms with Crippen molar-refractivity contribution in [3.05, 3.63) is 92.9 Å². The molecule has 224 valence electrons. The Morgan fingerprint density at radius 3 is 2.10 bits per heavy atom. The Hall–Kier alpha value is -2.78. The summed E-state index contributed by atoms with van der Waals surface area (Å²) in [7, 11) is -4.23. The number of rotatable bonds is 10. The summed E-state index contributed by atoms with van der Waals surface area (Å²) in [5.41, 5.74) is 1.48. The first-order valence-corrected chi connectivity index (χ1v) is 16.4. The van der Waals surface area contributed by atoms with Crippen molar-refractivity contribution in [2.75, 3.05) is 10.8 Å². The van der Waals surface area contributed by atoms with Gasteiger partial charge in [-0.15, -0.1) is 0 Å². The number of nitrogens with one attached hydrogen (secondary N) is 1. The molecule has 1 fully saturated rings. The van der Waals surface area contributed by atoms with Crippen LogP contribution >= 0.6 is 34.8 Å². The van der Waals surface area contributed by atoms with Gasteiger partial charge in [0.2, 0.25) is 11.8 Å². The number of aryl methyl sites for hydroxylation is 1. The van der Waals surface area contributed by atoms with Crippen molar-refractivity contribution < 1.29 is 18.0 Å². The lowest BCUT2D eigenvalue weighted by atomic mass is 9.95. The first kappa shape index (κ1) is 32.1. The third kappa shape index (κ3) is 7.59. The highest BCUT2D eigenvalue weighted by atomic mass is 35.5. The quantitative estimate of drug-likeness (QED) is 0.256. The highest BCUT2D eigenvalue weighted by Crippen LogP contribution is 2.32. The fourth-order valence-corrected chi connectivity index (χ4v) is 7.25. The molecule has 1 aliphatic rings. The lowest BCUT2D eigenvalue weighted by molar-refractivity contribution is -0.139. The maximum atomic E-state index is 14.1. The summed E-state index contributed by atoms with van der Waals surface area (Å²) in [5, 5.41) is 3.89. The van der Waals surface area contributed by atoms with Gasteiger partial charge in [0.15, 0.2) is 0 Å². The number of benzene rings is 3. The minimum absolute atomic E-state index is 0.00427. The van der Waals surface area contributed by atoms with Gasteiger partial charge < -0.3 is 10.2 Å². The number of anilines is 1. The standard InChI is InChI=1S/C31H34Cl3N3O4S/c1-21-15-17-24(18-16-21)42(40,41)37(29-14-7-6-11-28(29)34)20-30(38)36(19-25-26(32)12-8-13-27(25)33)22(2)31(39)35-23-9-4-3-5-10-23/h6-8,11-18,22-23H,3-5,9-10,19-20H2,1-2H3,(H,35,39)/t22-/m1/s1. The van der Waals surface area contributed by atoms with Crippen LogP contribution in [0.4, 0.5) is 5.69 Å². The number of sulfonamides is 1. The number of hydrogen-bond acceptors (Lipinski definition) is 4. The molecule has 2 amide bonds. The summed E-state index contributed by atoms with van der Waals surface area (Å²) in [5.74, 6) is -0.947. The number of para-hydroxylation sites is 1. The molecule has 0 radical (unpaired) electrons. The molecule has 7 nitrogen and oxygen atoms in total. The van der Waals surface area contributed by atoms with E-state index >= 15 is 0 Å². The zero-order valence-corrected chi connectivity index (χ0v) is 26.6. The SMILES string of the molecule is Cc1ccc(S(=O)(=O)N(CC(=O)N(Cc2c(Cl)cccc2Cl)[C@H](C)C(=O)NC2CCCCC2)c2ccccc2Cl)cc1. The van der Waals surface area contributed by atoms with E-state index in [1.165, 1.54) is 23.1 Å². The fraction of sp³-hybridized carbons (Fsp3) is 0.355. The van der Waals surface area contributed by atoms with Crippen LogP contribution in [0.5, 0.6) is 0 Å². The summed E-state index contributed by atoms with van der Waals surface area (Å²) in [4.78, 5) is 28.9. The van der Waals surface area contributed by atoms with E-state index < -0.39 is 28.5 Å². The van der Waals surface area contributed by atoms with E-state index in [-0.39, 0.29) is 34.1 Å². The van der Waals surface area contributed by atoms with Crippen molar-refractivity contribution in [1.82, 2.24) is 10.2 Å². The number of hydrogen-bond donors (Lipinski definition) is 1. The van der Waals surface area contributed by atoms with Crippen LogP contribution in [0, 0.1) is 6.92 Å². The second-order valence-electron chi connectivity index (χ2n) is 10.5. The van der Waals surface area contributed by atoms with Crippen LogP contribution in [0.3, 0.4) is 0 Å². The average Bonchev–Trinajstić information content (AvgIpc) is 2.96. The third-order valence-corrected chi connectivity index (χ3v) is 10.3. The van der Waals surface area contributed by atoms with Crippen molar-refractivity contribution in [3.63, 3.8) is 0 Å². The summed E-state index contributed by atoms with van der Waals surface area (Å²) in [6, 6.07) is 16.8. The van der Waals surface area contributed by atoms with Gasteiger partial charge in [0.05, 0.1) is 15.6 Å². The Balaban J connectivity index is 1.72. The molecule has 0 spiro atoms. The van der Waals surface area contributed by atoms with E-state index in [2.05, 4.69) is 5.32 Å². The molecule has 0 aromatic heterocycles. The molecule has 0 unspecified atom stereocenters. The molecule has 1 saturated carbocycles. The molecule has 0 saturated heterocycles. The van der Waals surface area contributed by atoms with Crippen molar-refractivity contribution in [2.45, 2.75) is 69.5 Å². The molecular formula is C31H34Cl3N3O4S. The largest absolute Gasteiger partial charge is 0.352 e. The summed E-state index contributed by atoms with van der Waals surface area (Å²) in [6.45, 7) is 2.76. The monoisotopic (exact) mass is 649 g/mol. The lowest BCUT2D eigenvalue weighted by Crippen LogP contribution is -2.53. The summed E-state index contributed by atoms with van der Waals surface area (Å²) in [6.07, 6.45) is 4.93. The number of amides is 2. The van der Waals surface area contributed by atoms with Gasteiger partial charge in [0.1, 0.15) is 12.6 Å². The summed E-state index contributed by atoms with van der Waals surface area (Å²) >= 11 is 19.4. The van der Waals surface area contributed by atoms with Gasteiger partial charge in [0, 0.05) is 28.2 Å². The minimum Gasteiger partial charge on any atom is -0.352 e. The van der Waals surface area contributed by atoms with Crippen molar-refractivity contribution in [2.24, 2.45) is 0 Å². The maximum Gasteiger partial charge on any atom is 0.264 e. The lowest BCUT2D eigenvalue weighted by Gasteiger charge is -2.33. The Labute approximate surface area is 262 Å². The van der Waals surface area contributed by atoms with E-state index in [4.69, 9.17) is 34.8 Å². The molecule has 3 aromatic rings. The molecule has 1 N–H and O–H groups in total. The summed E-state index contributed by atoms with van der Waals surface area (Å²) < 4.78 is 28.9. The van der Waals surface area contributed by atoms with Gasteiger partial charge in [-0.2, -0.15) is 0 Å². The van der Waals surface area contributed by atoms with Crippen LogP contribution in [0.1, 0.15) is 50.2 Å². The number of carbonyl (C=O) groups excluding carboxylic acids is 2. The molecular weight excluding hydrogens is 617 g/mol. The highest BCUT2D eigenvalue weighted by Gasteiger charge is 2.34. The van der Waals surface area contributed by atoms with E-state index in [0.717, 1.165) is 42.0 Å².